The van der Waals surface area contributed by atoms with Crippen molar-refractivity contribution in [1.82, 2.24) is 10.2 Å². The summed E-state index contributed by atoms with van der Waals surface area (Å²) in [6.07, 6.45) is 1.08. The van der Waals surface area contributed by atoms with Gasteiger partial charge in [0.1, 0.15) is 5.82 Å². The standard InChI is InChI=1S/C18H27BrFN3O2/c1-3-21-18(22-11-15-10-16(20)4-5-17(15)19)23-7-6-14(12-23)13-25-9-8-24-2/h4-5,10,14H,3,6-9,11-13H2,1-2H3,(H,21,22). The molecule has 25 heavy (non-hydrogen) atoms. The summed E-state index contributed by atoms with van der Waals surface area (Å²) in [6.45, 7) is 7.17. The molecule has 1 atom stereocenters. The van der Waals surface area contributed by atoms with Crippen LogP contribution in [0.5, 0.6) is 0 Å². The molecule has 1 aromatic rings. The third-order valence-corrected chi connectivity index (χ3v) is 4.89. The van der Waals surface area contributed by atoms with E-state index in [-0.39, 0.29) is 5.82 Å². The van der Waals surface area contributed by atoms with E-state index in [4.69, 9.17) is 9.47 Å². The molecule has 1 heterocycles. The van der Waals surface area contributed by atoms with Gasteiger partial charge in [0, 0.05) is 37.1 Å². The average Bonchev–Trinajstić information content (AvgIpc) is 3.07. The van der Waals surface area contributed by atoms with E-state index >= 15 is 0 Å². The van der Waals surface area contributed by atoms with Crippen molar-refractivity contribution in [3.8, 4) is 0 Å². The van der Waals surface area contributed by atoms with Crippen molar-refractivity contribution in [2.24, 2.45) is 10.9 Å². The molecule has 0 radical (unpaired) electrons. The molecule has 5 nitrogen and oxygen atoms in total. The first-order valence-electron chi connectivity index (χ1n) is 8.68. The number of guanidine groups is 1. The second-order valence-corrected chi connectivity index (χ2v) is 6.93. The summed E-state index contributed by atoms with van der Waals surface area (Å²) in [7, 11) is 1.68. The number of benzene rings is 1. The van der Waals surface area contributed by atoms with Crippen LogP contribution in [0, 0.1) is 11.7 Å². The zero-order valence-electron chi connectivity index (χ0n) is 14.9. The van der Waals surface area contributed by atoms with Gasteiger partial charge in [-0.2, -0.15) is 0 Å². The number of hydrogen-bond donors (Lipinski definition) is 1. The Bertz CT molecular complexity index is 571. The normalized spacial score (nSPS) is 18.0. The summed E-state index contributed by atoms with van der Waals surface area (Å²) in [4.78, 5) is 6.94. The lowest BCUT2D eigenvalue weighted by atomic mass is 10.1. The number of aliphatic imine (C=N–C) groups is 1. The van der Waals surface area contributed by atoms with Gasteiger partial charge in [0.2, 0.25) is 0 Å². The summed E-state index contributed by atoms with van der Waals surface area (Å²) in [5, 5.41) is 3.33. The molecule has 0 aromatic heterocycles. The maximum atomic E-state index is 13.4. The molecule has 140 valence electrons. The molecule has 1 aliphatic rings. The van der Waals surface area contributed by atoms with Crippen LogP contribution in [0.3, 0.4) is 0 Å². The molecule has 2 rings (SSSR count). The third-order valence-electron chi connectivity index (χ3n) is 4.11. The zero-order valence-corrected chi connectivity index (χ0v) is 16.5. The number of nitrogens with one attached hydrogen (secondary N) is 1. The lowest BCUT2D eigenvalue weighted by Gasteiger charge is -2.22. The molecule has 0 spiro atoms. The fraction of sp³-hybridized carbons (Fsp3) is 0.611. The van der Waals surface area contributed by atoms with Crippen molar-refractivity contribution in [1.29, 1.82) is 0 Å². The third kappa shape index (κ3) is 6.56. The quantitative estimate of drug-likeness (QED) is 0.402. The number of nitrogens with zero attached hydrogens (tertiary/aromatic N) is 2. The van der Waals surface area contributed by atoms with Gasteiger partial charge >= 0.3 is 0 Å². The number of rotatable bonds is 8. The number of ether oxygens (including phenoxy) is 2. The van der Waals surface area contributed by atoms with Crippen LogP contribution in [0.15, 0.2) is 27.7 Å². The summed E-state index contributed by atoms with van der Waals surface area (Å²) in [5.41, 5.74) is 0.842. The Labute approximate surface area is 157 Å². The Hall–Kier alpha value is -1.18. The minimum Gasteiger partial charge on any atom is -0.382 e. The van der Waals surface area contributed by atoms with Crippen molar-refractivity contribution >= 4 is 21.9 Å². The van der Waals surface area contributed by atoms with Gasteiger partial charge in [-0.15, -0.1) is 0 Å². The van der Waals surface area contributed by atoms with Crippen molar-refractivity contribution in [2.45, 2.75) is 19.9 Å². The first-order valence-corrected chi connectivity index (χ1v) is 9.47. The maximum absolute atomic E-state index is 13.4. The predicted octanol–water partition coefficient (Wildman–Crippen LogP) is 3.04. The smallest absolute Gasteiger partial charge is 0.194 e. The van der Waals surface area contributed by atoms with Gasteiger partial charge in [-0.3, -0.25) is 0 Å². The lowest BCUT2D eigenvalue weighted by Crippen LogP contribution is -2.40. The van der Waals surface area contributed by atoms with E-state index in [0.717, 1.165) is 48.7 Å². The Balaban J connectivity index is 1.92. The Morgan fingerprint density at radius 3 is 3.04 bits per heavy atom. The minimum absolute atomic E-state index is 0.243. The Morgan fingerprint density at radius 1 is 1.44 bits per heavy atom. The molecule has 1 N–H and O–H groups in total. The van der Waals surface area contributed by atoms with Crippen molar-refractivity contribution in [2.75, 3.05) is 46.6 Å². The Kier molecular flexibility index (Phi) is 8.64. The van der Waals surface area contributed by atoms with E-state index in [9.17, 15) is 4.39 Å². The minimum atomic E-state index is -0.243. The number of hydrogen-bond acceptors (Lipinski definition) is 3. The highest BCUT2D eigenvalue weighted by molar-refractivity contribution is 9.10. The molecule has 1 unspecified atom stereocenters. The molecule has 0 bridgehead atoms. The predicted molar refractivity (Wildman–Crippen MR) is 101 cm³/mol. The molecular weight excluding hydrogens is 389 g/mol. The van der Waals surface area contributed by atoms with Crippen molar-refractivity contribution < 1.29 is 13.9 Å². The monoisotopic (exact) mass is 415 g/mol. The molecule has 1 saturated heterocycles. The van der Waals surface area contributed by atoms with Crippen molar-refractivity contribution in [3.63, 3.8) is 0 Å². The largest absolute Gasteiger partial charge is 0.382 e. The zero-order chi connectivity index (χ0) is 18.1. The maximum Gasteiger partial charge on any atom is 0.194 e. The number of methoxy groups -OCH3 is 1. The molecular formula is C18H27BrFN3O2. The molecule has 1 fully saturated rings. The summed E-state index contributed by atoms with van der Waals surface area (Å²) < 4.78 is 24.9. The van der Waals surface area contributed by atoms with Gasteiger partial charge in [0.25, 0.3) is 0 Å². The highest BCUT2D eigenvalue weighted by atomic mass is 79.9. The molecule has 0 amide bonds. The molecule has 0 saturated carbocycles. The first kappa shape index (κ1) is 20.1. The van der Waals surface area contributed by atoms with Crippen LogP contribution in [0.2, 0.25) is 0 Å². The van der Waals surface area contributed by atoms with Gasteiger partial charge < -0.3 is 19.7 Å². The van der Waals surface area contributed by atoms with E-state index in [1.807, 2.05) is 0 Å². The van der Waals surface area contributed by atoms with Crippen LogP contribution >= 0.6 is 15.9 Å². The lowest BCUT2D eigenvalue weighted by molar-refractivity contribution is 0.0536. The highest BCUT2D eigenvalue weighted by Crippen LogP contribution is 2.20. The van der Waals surface area contributed by atoms with E-state index in [1.165, 1.54) is 12.1 Å². The fourth-order valence-electron chi connectivity index (χ4n) is 2.80. The second-order valence-electron chi connectivity index (χ2n) is 6.07. The molecule has 1 aliphatic heterocycles. The van der Waals surface area contributed by atoms with Crippen LogP contribution in [0.4, 0.5) is 4.39 Å². The average molecular weight is 416 g/mol. The number of halogens is 2. The summed E-state index contributed by atoms with van der Waals surface area (Å²) in [6, 6.07) is 4.68. The Morgan fingerprint density at radius 2 is 2.28 bits per heavy atom. The molecule has 0 aliphatic carbocycles. The molecule has 1 aromatic carbocycles. The van der Waals surface area contributed by atoms with Gasteiger partial charge in [0.15, 0.2) is 5.96 Å². The van der Waals surface area contributed by atoms with E-state index in [2.05, 4.69) is 38.1 Å². The van der Waals surface area contributed by atoms with Crippen LogP contribution in [-0.2, 0) is 16.0 Å². The van der Waals surface area contributed by atoms with Crippen LogP contribution in [-0.4, -0.2) is 57.4 Å². The summed E-state index contributed by atoms with van der Waals surface area (Å²) >= 11 is 3.46. The summed E-state index contributed by atoms with van der Waals surface area (Å²) in [5.74, 6) is 1.13. The second kappa shape index (κ2) is 10.7. The van der Waals surface area contributed by atoms with E-state index in [0.29, 0.717) is 25.7 Å². The molecule has 7 heteroatoms. The van der Waals surface area contributed by atoms with Gasteiger partial charge in [-0.05, 0) is 37.1 Å². The first-order chi connectivity index (χ1) is 12.1. The van der Waals surface area contributed by atoms with Gasteiger partial charge in [-0.1, -0.05) is 15.9 Å². The van der Waals surface area contributed by atoms with Crippen LogP contribution in [0.25, 0.3) is 0 Å². The fourth-order valence-corrected chi connectivity index (χ4v) is 3.18. The van der Waals surface area contributed by atoms with Crippen molar-refractivity contribution in [3.05, 3.63) is 34.1 Å². The van der Waals surface area contributed by atoms with Gasteiger partial charge in [-0.25, -0.2) is 9.38 Å². The van der Waals surface area contributed by atoms with E-state index < -0.39 is 0 Å². The highest BCUT2D eigenvalue weighted by Gasteiger charge is 2.25. The van der Waals surface area contributed by atoms with Crippen LogP contribution in [0.1, 0.15) is 18.9 Å². The van der Waals surface area contributed by atoms with Gasteiger partial charge in [0.05, 0.1) is 26.4 Å². The number of likely N-dealkylation sites (tertiary alicyclic amines) is 1. The SMILES string of the molecule is CCNC(=NCc1cc(F)ccc1Br)N1CCC(COCCOC)C1. The topological polar surface area (TPSA) is 46.1 Å². The van der Waals surface area contributed by atoms with E-state index in [1.54, 1.807) is 13.2 Å². The van der Waals surface area contributed by atoms with Crippen LogP contribution < -0.4 is 5.32 Å².